The van der Waals surface area contributed by atoms with Crippen LogP contribution in [0, 0.1) is 20.8 Å². The van der Waals surface area contributed by atoms with Crippen molar-refractivity contribution in [2.75, 3.05) is 6.54 Å². The number of amides is 1. The monoisotopic (exact) mass is 378 g/mol. The molecule has 0 saturated carbocycles. The third-order valence-corrected chi connectivity index (χ3v) is 5.04. The number of hydrogen-bond donors (Lipinski definition) is 0. The molecule has 144 valence electrons. The zero-order chi connectivity index (χ0) is 19.7. The van der Waals surface area contributed by atoms with E-state index in [-0.39, 0.29) is 11.9 Å². The lowest BCUT2D eigenvalue weighted by Crippen LogP contribution is -2.39. The maximum Gasteiger partial charge on any atom is 0.273 e. The highest BCUT2D eigenvalue weighted by Gasteiger charge is 2.31. The van der Waals surface area contributed by atoms with E-state index in [1.54, 1.807) is 12.3 Å². The van der Waals surface area contributed by atoms with Gasteiger partial charge in [0.25, 0.3) is 5.91 Å². The molecule has 3 aromatic heterocycles. The molecule has 0 aromatic carbocycles. The van der Waals surface area contributed by atoms with Gasteiger partial charge in [-0.25, -0.2) is 19.9 Å². The van der Waals surface area contributed by atoms with Crippen LogP contribution in [0.3, 0.4) is 0 Å². The summed E-state index contributed by atoms with van der Waals surface area (Å²) in [7, 11) is 0. The molecule has 0 spiro atoms. The van der Waals surface area contributed by atoms with Crippen LogP contribution in [0.1, 0.15) is 58.6 Å². The van der Waals surface area contributed by atoms with E-state index in [0.717, 1.165) is 41.9 Å². The zero-order valence-corrected chi connectivity index (χ0v) is 16.2. The quantitative estimate of drug-likeness (QED) is 0.690. The average molecular weight is 378 g/mol. The lowest BCUT2D eigenvalue weighted by molar-refractivity contribution is 0.0599. The lowest BCUT2D eigenvalue weighted by Gasteiger charge is -2.35. The van der Waals surface area contributed by atoms with Crippen LogP contribution in [0.5, 0.6) is 0 Å². The van der Waals surface area contributed by atoms with Crippen LogP contribution in [-0.2, 0) is 0 Å². The first-order valence-electron chi connectivity index (χ1n) is 9.40. The van der Waals surface area contributed by atoms with Crippen molar-refractivity contribution in [3.63, 3.8) is 0 Å². The molecular weight excluding hydrogens is 356 g/mol. The molecule has 0 radical (unpaired) electrons. The topological polar surface area (TPSA) is 97.9 Å². The number of piperidine rings is 1. The zero-order valence-electron chi connectivity index (χ0n) is 16.2. The van der Waals surface area contributed by atoms with Crippen LogP contribution in [0.4, 0.5) is 0 Å². The predicted molar refractivity (Wildman–Crippen MR) is 101 cm³/mol. The molecule has 0 N–H and O–H groups in total. The van der Waals surface area contributed by atoms with Crippen LogP contribution in [-0.4, -0.2) is 42.4 Å². The van der Waals surface area contributed by atoms with E-state index in [2.05, 4.69) is 20.1 Å². The van der Waals surface area contributed by atoms with Crippen LogP contribution in [0.15, 0.2) is 29.2 Å². The molecule has 0 bridgehead atoms. The number of nitrogens with zero attached hydrogens (tertiary/aromatic N) is 6. The Morgan fingerprint density at radius 2 is 2.07 bits per heavy atom. The molecule has 1 aliphatic heterocycles. The van der Waals surface area contributed by atoms with Gasteiger partial charge in [-0.2, -0.15) is 0 Å². The Morgan fingerprint density at radius 3 is 2.79 bits per heavy atom. The van der Waals surface area contributed by atoms with Gasteiger partial charge in [-0.3, -0.25) is 4.79 Å². The number of likely N-dealkylation sites (tertiary alicyclic amines) is 1. The molecule has 1 fully saturated rings. The van der Waals surface area contributed by atoms with Gasteiger partial charge in [-0.05, 0) is 52.2 Å². The Hall–Kier alpha value is -3.16. The van der Waals surface area contributed by atoms with Gasteiger partial charge in [0.1, 0.15) is 17.8 Å². The third-order valence-electron chi connectivity index (χ3n) is 5.04. The fraction of sp³-hybridized carbons (Fsp3) is 0.400. The van der Waals surface area contributed by atoms with Crippen molar-refractivity contribution in [1.82, 2.24) is 30.0 Å². The van der Waals surface area contributed by atoms with E-state index in [1.807, 2.05) is 31.7 Å². The summed E-state index contributed by atoms with van der Waals surface area (Å²) in [5.74, 6) is 1.18. The minimum atomic E-state index is -0.114. The Morgan fingerprint density at radius 1 is 1.21 bits per heavy atom. The standard InChI is InChI=1S/C20H22N6O2/c1-12-10-16(24-19(23-12)18-13(2)25-28-14(18)3)17-6-4-5-9-26(17)20(27)15-7-8-21-11-22-15/h7-8,10-11,17H,4-6,9H2,1-3H3. The Bertz CT molecular complexity index is 982. The summed E-state index contributed by atoms with van der Waals surface area (Å²) in [6, 6.07) is 3.49. The van der Waals surface area contributed by atoms with Gasteiger partial charge in [0, 0.05) is 18.4 Å². The second-order valence-corrected chi connectivity index (χ2v) is 7.06. The molecule has 0 aliphatic carbocycles. The molecule has 1 atom stereocenters. The summed E-state index contributed by atoms with van der Waals surface area (Å²) >= 11 is 0. The fourth-order valence-electron chi connectivity index (χ4n) is 3.72. The van der Waals surface area contributed by atoms with E-state index in [4.69, 9.17) is 9.51 Å². The largest absolute Gasteiger partial charge is 0.361 e. The minimum Gasteiger partial charge on any atom is -0.361 e. The van der Waals surface area contributed by atoms with E-state index in [9.17, 15) is 4.79 Å². The van der Waals surface area contributed by atoms with Crippen LogP contribution in [0.25, 0.3) is 11.4 Å². The molecule has 1 saturated heterocycles. The molecule has 8 nitrogen and oxygen atoms in total. The molecule has 4 heterocycles. The highest BCUT2D eigenvalue weighted by molar-refractivity contribution is 5.92. The second-order valence-electron chi connectivity index (χ2n) is 7.06. The van der Waals surface area contributed by atoms with Crippen molar-refractivity contribution in [1.29, 1.82) is 0 Å². The highest BCUT2D eigenvalue weighted by Crippen LogP contribution is 2.33. The lowest BCUT2D eigenvalue weighted by atomic mass is 9.98. The summed E-state index contributed by atoms with van der Waals surface area (Å²) in [4.78, 5) is 32.3. The molecule has 8 heteroatoms. The number of rotatable bonds is 3. The van der Waals surface area contributed by atoms with Crippen LogP contribution < -0.4 is 0 Å². The predicted octanol–water partition coefficient (Wildman–Crippen LogP) is 3.21. The van der Waals surface area contributed by atoms with Gasteiger partial charge in [0.15, 0.2) is 5.82 Å². The van der Waals surface area contributed by atoms with Crippen LogP contribution >= 0.6 is 0 Å². The van der Waals surface area contributed by atoms with Crippen molar-refractivity contribution in [3.05, 3.63) is 53.2 Å². The molecule has 28 heavy (non-hydrogen) atoms. The maximum atomic E-state index is 13.1. The van der Waals surface area contributed by atoms with Crippen molar-refractivity contribution in [2.24, 2.45) is 0 Å². The summed E-state index contributed by atoms with van der Waals surface area (Å²) in [6.45, 7) is 6.35. The number of aromatic nitrogens is 5. The first kappa shape index (κ1) is 18.2. The first-order chi connectivity index (χ1) is 13.5. The smallest absolute Gasteiger partial charge is 0.273 e. The third kappa shape index (κ3) is 3.37. The Labute approximate surface area is 163 Å². The Kier molecular flexibility index (Phi) is 4.85. The Balaban J connectivity index is 1.73. The van der Waals surface area contributed by atoms with Crippen molar-refractivity contribution < 1.29 is 9.32 Å². The molecule has 4 rings (SSSR count). The van der Waals surface area contributed by atoms with Crippen molar-refractivity contribution in [2.45, 2.75) is 46.1 Å². The number of carbonyl (C=O) groups is 1. The van der Waals surface area contributed by atoms with Gasteiger partial charge in [0.05, 0.1) is 23.0 Å². The number of hydrogen-bond acceptors (Lipinski definition) is 7. The van der Waals surface area contributed by atoms with Crippen molar-refractivity contribution >= 4 is 5.91 Å². The van der Waals surface area contributed by atoms with E-state index < -0.39 is 0 Å². The van der Waals surface area contributed by atoms with Crippen LogP contribution in [0.2, 0.25) is 0 Å². The number of carbonyl (C=O) groups excluding carboxylic acids is 1. The maximum absolute atomic E-state index is 13.1. The van der Waals surface area contributed by atoms with Gasteiger partial charge in [-0.15, -0.1) is 0 Å². The summed E-state index contributed by atoms with van der Waals surface area (Å²) in [5.41, 5.74) is 3.66. The minimum absolute atomic E-state index is 0.0951. The SMILES string of the molecule is Cc1cc(C2CCCCN2C(=O)c2ccncn2)nc(-c2c(C)noc2C)n1. The van der Waals surface area contributed by atoms with E-state index in [1.165, 1.54) is 6.33 Å². The normalized spacial score (nSPS) is 17.0. The number of aryl methyl sites for hydroxylation is 3. The molecule has 1 aliphatic rings. The molecular formula is C20H22N6O2. The van der Waals surface area contributed by atoms with Gasteiger partial charge in [-0.1, -0.05) is 5.16 Å². The van der Waals surface area contributed by atoms with E-state index >= 15 is 0 Å². The summed E-state index contributed by atoms with van der Waals surface area (Å²) in [6.07, 6.45) is 5.85. The first-order valence-corrected chi connectivity index (χ1v) is 9.40. The van der Waals surface area contributed by atoms with Gasteiger partial charge >= 0.3 is 0 Å². The summed E-state index contributed by atoms with van der Waals surface area (Å²) in [5, 5.41) is 4.01. The summed E-state index contributed by atoms with van der Waals surface area (Å²) < 4.78 is 5.28. The highest BCUT2D eigenvalue weighted by atomic mass is 16.5. The average Bonchev–Trinajstić information content (AvgIpc) is 3.06. The fourth-order valence-corrected chi connectivity index (χ4v) is 3.72. The van der Waals surface area contributed by atoms with Gasteiger partial charge < -0.3 is 9.42 Å². The molecule has 1 unspecified atom stereocenters. The second kappa shape index (κ2) is 7.46. The molecule has 3 aromatic rings. The van der Waals surface area contributed by atoms with Gasteiger partial charge in [0.2, 0.25) is 0 Å². The molecule has 1 amide bonds. The van der Waals surface area contributed by atoms with E-state index in [0.29, 0.717) is 23.8 Å². The van der Waals surface area contributed by atoms with Crippen molar-refractivity contribution in [3.8, 4) is 11.4 Å².